The Morgan fingerprint density at radius 1 is 1.15 bits per heavy atom. The summed E-state index contributed by atoms with van der Waals surface area (Å²) in [4.78, 5) is 24.3. The number of nitrogens with two attached hydrogens (primary N) is 1. The second-order valence-corrected chi connectivity index (χ2v) is 6.71. The normalized spacial score (nSPS) is 12.3. The Kier molecular flexibility index (Phi) is 5.21. The summed E-state index contributed by atoms with van der Waals surface area (Å²) in [6.07, 6.45) is 0. The maximum absolute atomic E-state index is 14.0. The first-order valence-electron chi connectivity index (χ1n) is 8.67. The molecule has 0 aliphatic rings. The van der Waals surface area contributed by atoms with Gasteiger partial charge in [0.2, 0.25) is 5.91 Å². The van der Waals surface area contributed by atoms with Crippen LogP contribution in [-0.4, -0.2) is 27.6 Å². The fourth-order valence-electron chi connectivity index (χ4n) is 2.98. The Morgan fingerprint density at radius 3 is 2.48 bits per heavy atom. The van der Waals surface area contributed by atoms with Crippen LogP contribution < -0.4 is 11.1 Å². The zero-order valence-electron chi connectivity index (χ0n) is 15.1. The third kappa shape index (κ3) is 3.81. The predicted molar refractivity (Wildman–Crippen MR) is 101 cm³/mol. The predicted octanol–water partition coefficient (Wildman–Crippen LogP) is 2.46. The summed E-state index contributed by atoms with van der Waals surface area (Å²) in [5, 5.41) is 7.66. The van der Waals surface area contributed by atoms with Crippen LogP contribution in [0.3, 0.4) is 0 Å². The van der Waals surface area contributed by atoms with E-state index in [2.05, 4.69) is 10.4 Å². The molecule has 2 aromatic carbocycles. The van der Waals surface area contributed by atoms with E-state index in [9.17, 15) is 14.0 Å². The molecule has 0 unspecified atom stereocenters. The van der Waals surface area contributed by atoms with E-state index in [0.29, 0.717) is 16.5 Å². The number of carbonyl (C=O) groups excluding carboxylic acids is 2. The van der Waals surface area contributed by atoms with E-state index in [1.54, 1.807) is 48.9 Å². The van der Waals surface area contributed by atoms with E-state index in [4.69, 9.17) is 5.73 Å². The summed E-state index contributed by atoms with van der Waals surface area (Å²) in [5.74, 6) is -1.58. The maximum atomic E-state index is 14.0. The van der Waals surface area contributed by atoms with Gasteiger partial charge in [-0.1, -0.05) is 50.2 Å². The fraction of sp³-hybridized carbons (Fsp3) is 0.250. The standard InChI is InChI=1S/C20H21FN4O2/c1-12(2)17(19(22)26)23-20(27)18-14-8-4-6-10-16(14)25(24-18)11-13-7-3-5-9-15(13)21/h3-10,12,17H,11H2,1-2H3,(H2,22,26)(H,23,27)/t17-/m0/s1. The van der Waals surface area contributed by atoms with Crippen LogP contribution in [0, 0.1) is 11.7 Å². The van der Waals surface area contributed by atoms with Gasteiger partial charge >= 0.3 is 0 Å². The first-order chi connectivity index (χ1) is 12.9. The molecule has 0 bridgehead atoms. The second-order valence-electron chi connectivity index (χ2n) is 6.71. The highest BCUT2D eigenvalue weighted by molar-refractivity contribution is 6.06. The molecule has 0 aliphatic heterocycles. The largest absolute Gasteiger partial charge is 0.368 e. The van der Waals surface area contributed by atoms with Gasteiger partial charge in [-0.2, -0.15) is 5.10 Å². The molecule has 7 heteroatoms. The Hall–Kier alpha value is -3.22. The summed E-state index contributed by atoms with van der Waals surface area (Å²) >= 11 is 0. The molecule has 0 fully saturated rings. The van der Waals surface area contributed by atoms with E-state index in [1.807, 2.05) is 12.1 Å². The molecule has 0 saturated heterocycles. The third-order valence-electron chi connectivity index (χ3n) is 4.41. The fourth-order valence-corrected chi connectivity index (χ4v) is 2.98. The van der Waals surface area contributed by atoms with Crippen molar-refractivity contribution in [1.82, 2.24) is 15.1 Å². The Bertz CT molecular complexity index is 997. The maximum Gasteiger partial charge on any atom is 0.273 e. The van der Waals surface area contributed by atoms with E-state index in [0.717, 1.165) is 0 Å². The highest BCUT2D eigenvalue weighted by Gasteiger charge is 2.25. The number of para-hydroxylation sites is 1. The van der Waals surface area contributed by atoms with Gasteiger partial charge in [-0.25, -0.2) is 4.39 Å². The molecule has 1 aromatic heterocycles. The molecule has 140 valence electrons. The highest BCUT2D eigenvalue weighted by Crippen LogP contribution is 2.21. The van der Waals surface area contributed by atoms with Gasteiger partial charge in [0.05, 0.1) is 12.1 Å². The van der Waals surface area contributed by atoms with Crippen molar-refractivity contribution in [3.8, 4) is 0 Å². The number of fused-ring (bicyclic) bond motifs is 1. The number of benzene rings is 2. The van der Waals surface area contributed by atoms with E-state index in [1.165, 1.54) is 6.07 Å². The molecule has 1 atom stereocenters. The summed E-state index contributed by atoms with van der Waals surface area (Å²) in [6.45, 7) is 3.78. The van der Waals surface area contributed by atoms with Crippen LogP contribution in [-0.2, 0) is 11.3 Å². The van der Waals surface area contributed by atoms with Crippen molar-refractivity contribution in [3.05, 3.63) is 65.6 Å². The number of hydrogen-bond donors (Lipinski definition) is 2. The number of nitrogens with one attached hydrogen (secondary N) is 1. The summed E-state index contributed by atoms with van der Waals surface area (Å²) in [5.41, 5.74) is 6.72. The minimum Gasteiger partial charge on any atom is -0.368 e. The summed E-state index contributed by atoms with van der Waals surface area (Å²) in [6, 6.07) is 12.8. The van der Waals surface area contributed by atoms with Gasteiger partial charge in [0, 0.05) is 10.9 Å². The number of carbonyl (C=O) groups is 2. The minimum atomic E-state index is -0.798. The first kappa shape index (κ1) is 18.6. The van der Waals surface area contributed by atoms with Gasteiger partial charge in [0.15, 0.2) is 5.69 Å². The molecule has 27 heavy (non-hydrogen) atoms. The van der Waals surface area contributed by atoms with Crippen LogP contribution in [0.15, 0.2) is 48.5 Å². The molecule has 6 nitrogen and oxygen atoms in total. The van der Waals surface area contributed by atoms with Gasteiger partial charge in [0.25, 0.3) is 5.91 Å². The highest BCUT2D eigenvalue weighted by atomic mass is 19.1. The Morgan fingerprint density at radius 2 is 1.81 bits per heavy atom. The van der Waals surface area contributed by atoms with Crippen LogP contribution >= 0.6 is 0 Å². The average molecular weight is 368 g/mol. The topological polar surface area (TPSA) is 90.0 Å². The lowest BCUT2D eigenvalue weighted by Gasteiger charge is -2.18. The summed E-state index contributed by atoms with van der Waals surface area (Å²) in [7, 11) is 0. The number of primary amides is 1. The van der Waals surface area contributed by atoms with Crippen LogP contribution in [0.4, 0.5) is 4.39 Å². The SMILES string of the molecule is CC(C)[C@H](NC(=O)c1nn(Cc2ccccc2F)c2ccccc12)C(N)=O. The van der Waals surface area contributed by atoms with Crippen LogP contribution in [0.1, 0.15) is 29.9 Å². The molecule has 2 amide bonds. The summed E-state index contributed by atoms with van der Waals surface area (Å²) < 4.78 is 15.6. The molecule has 1 heterocycles. The van der Waals surface area contributed by atoms with Crippen molar-refractivity contribution in [3.63, 3.8) is 0 Å². The number of amides is 2. The zero-order valence-corrected chi connectivity index (χ0v) is 15.1. The van der Waals surface area contributed by atoms with Gasteiger partial charge in [-0.05, 0) is 18.1 Å². The number of halogens is 1. The molecular weight excluding hydrogens is 347 g/mol. The van der Waals surface area contributed by atoms with Gasteiger partial charge in [0.1, 0.15) is 11.9 Å². The average Bonchev–Trinajstić information content (AvgIpc) is 3.00. The molecule has 0 radical (unpaired) electrons. The van der Waals surface area contributed by atoms with Crippen LogP contribution in [0.5, 0.6) is 0 Å². The third-order valence-corrected chi connectivity index (χ3v) is 4.41. The van der Waals surface area contributed by atoms with Crippen molar-refractivity contribution in [2.24, 2.45) is 11.7 Å². The quantitative estimate of drug-likeness (QED) is 0.700. The molecule has 3 aromatic rings. The Balaban J connectivity index is 1.98. The number of nitrogens with zero attached hydrogens (tertiary/aromatic N) is 2. The Labute approximate surface area is 156 Å². The van der Waals surface area contributed by atoms with Gasteiger partial charge in [-0.3, -0.25) is 14.3 Å². The van der Waals surface area contributed by atoms with Crippen molar-refractivity contribution < 1.29 is 14.0 Å². The monoisotopic (exact) mass is 368 g/mol. The van der Waals surface area contributed by atoms with Gasteiger partial charge in [-0.15, -0.1) is 0 Å². The lowest BCUT2D eigenvalue weighted by atomic mass is 10.0. The second kappa shape index (κ2) is 7.57. The van der Waals surface area contributed by atoms with Crippen molar-refractivity contribution >= 4 is 22.7 Å². The minimum absolute atomic E-state index is 0.154. The lowest BCUT2D eigenvalue weighted by molar-refractivity contribution is -0.120. The van der Waals surface area contributed by atoms with Crippen molar-refractivity contribution in [1.29, 1.82) is 0 Å². The van der Waals surface area contributed by atoms with Crippen molar-refractivity contribution in [2.45, 2.75) is 26.4 Å². The van der Waals surface area contributed by atoms with E-state index >= 15 is 0 Å². The number of aromatic nitrogens is 2. The molecule has 0 spiro atoms. The van der Waals surface area contributed by atoms with Crippen molar-refractivity contribution in [2.75, 3.05) is 0 Å². The van der Waals surface area contributed by atoms with Crippen LogP contribution in [0.2, 0.25) is 0 Å². The van der Waals surface area contributed by atoms with Gasteiger partial charge < -0.3 is 11.1 Å². The van der Waals surface area contributed by atoms with E-state index in [-0.39, 0.29) is 24.0 Å². The number of hydrogen-bond acceptors (Lipinski definition) is 3. The smallest absolute Gasteiger partial charge is 0.273 e. The zero-order chi connectivity index (χ0) is 19.6. The first-order valence-corrected chi connectivity index (χ1v) is 8.67. The molecule has 0 saturated carbocycles. The molecular formula is C20H21FN4O2. The number of rotatable bonds is 6. The van der Waals surface area contributed by atoms with E-state index < -0.39 is 17.9 Å². The molecule has 3 N–H and O–H groups in total. The molecule has 0 aliphatic carbocycles. The molecule has 3 rings (SSSR count). The lowest BCUT2D eigenvalue weighted by Crippen LogP contribution is -2.47. The van der Waals surface area contributed by atoms with Crippen LogP contribution in [0.25, 0.3) is 10.9 Å².